The Kier molecular flexibility index (Phi) is 7.85. The molecule has 0 aliphatic carbocycles. The summed E-state index contributed by atoms with van der Waals surface area (Å²) in [5.74, 6) is 0.478. The van der Waals surface area contributed by atoms with E-state index in [1.807, 2.05) is 30.5 Å². The molecule has 3 rings (SSSR count). The number of nitrogens with zero attached hydrogens (tertiary/aromatic N) is 1. The van der Waals surface area contributed by atoms with Gasteiger partial charge in [0.05, 0.1) is 0 Å². The van der Waals surface area contributed by atoms with Crippen molar-refractivity contribution in [1.82, 2.24) is 4.98 Å². The van der Waals surface area contributed by atoms with E-state index in [9.17, 15) is 4.79 Å². The van der Waals surface area contributed by atoms with Gasteiger partial charge in [-0.25, -0.2) is 4.98 Å². The van der Waals surface area contributed by atoms with Crippen LogP contribution in [0.2, 0.25) is 0 Å². The summed E-state index contributed by atoms with van der Waals surface area (Å²) < 4.78 is 5.61. The maximum atomic E-state index is 12.2. The molecule has 0 saturated heterocycles. The highest BCUT2D eigenvalue weighted by Crippen LogP contribution is 2.25. The van der Waals surface area contributed by atoms with Gasteiger partial charge < -0.3 is 4.74 Å². The zero-order valence-corrected chi connectivity index (χ0v) is 19.7. The van der Waals surface area contributed by atoms with Gasteiger partial charge in [-0.05, 0) is 47.1 Å². The summed E-state index contributed by atoms with van der Waals surface area (Å²) in [5, 5.41) is 3.43. The van der Waals surface area contributed by atoms with E-state index in [1.54, 1.807) is 0 Å². The summed E-state index contributed by atoms with van der Waals surface area (Å²) >= 11 is 1.50. The van der Waals surface area contributed by atoms with Crippen molar-refractivity contribution < 1.29 is 9.53 Å². The van der Waals surface area contributed by atoms with Crippen molar-refractivity contribution in [2.45, 2.75) is 58.8 Å². The molecule has 164 valence electrons. The average Bonchev–Trinajstić information content (AvgIpc) is 3.18. The van der Waals surface area contributed by atoms with Crippen LogP contribution < -0.4 is 10.1 Å². The van der Waals surface area contributed by atoms with E-state index in [0.717, 1.165) is 17.7 Å². The number of hydrogen-bond donors (Lipinski definition) is 1. The first-order valence-corrected chi connectivity index (χ1v) is 11.7. The van der Waals surface area contributed by atoms with Crippen molar-refractivity contribution in [2.75, 3.05) is 11.9 Å². The molecule has 3 aromatic rings. The zero-order valence-electron chi connectivity index (χ0n) is 18.9. The van der Waals surface area contributed by atoms with Crippen LogP contribution in [0.25, 0.3) is 0 Å². The Morgan fingerprint density at radius 3 is 2.35 bits per heavy atom. The van der Waals surface area contributed by atoms with Crippen LogP contribution in [0.15, 0.2) is 54.7 Å². The third-order valence-electron chi connectivity index (χ3n) is 5.11. The molecule has 2 aromatic carbocycles. The Hall–Kier alpha value is -2.66. The minimum atomic E-state index is -0.207. The number of aromatic nitrogens is 1. The lowest BCUT2D eigenvalue weighted by Gasteiger charge is -2.19. The van der Waals surface area contributed by atoms with E-state index in [-0.39, 0.29) is 17.9 Å². The number of nitrogens with one attached hydrogen (secondary N) is 1. The van der Waals surface area contributed by atoms with Crippen molar-refractivity contribution in [2.24, 2.45) is 0 Å². The highest BCUT2D eigenvalue weighted by atomic mass is 32.1. The molecule has 5 heteroatoms. The predicted molar refractivity (Wildman–Crippen MR) is 129 cm³/mol. The normalized spacial score (nSPS) is 11.4. The predicted octanol–water partition coefficient (Wildman–Crippen LogP) is 6.39. The van der Waals surface area contributed by atoms with Crippen molar-refractivity contribution in [3.63, 3.8) is 0 Å². The van der Waals surface area contributed by atoms with Gasteiger partial charge in [0.15, 0.2) is 11.7 Å². The number of thiazole rings is 1. The largest absolute Gasteiger partial charge is 0.484 e. The van der Waals surface area contributed by atoms with Crippen LogP contribution >= 0.6 is 11.3 Å². The minimum absolute atomic E-state index is 0.0387. The van der Waals surface area contributed by atoms with Gasteiger partial charge in [-0.15, -0.1) is 11.3 Å². The molecule has 1 heterocycles. The summed E-state index contributed by atoms with van der Waals surface area (Å²) in [7, 11) is 0. The lowest BCUT2D eigenvalue weighted by atomic mass is 9.87. The Labute approximate surface area is 189 Å². The van der Waals surface area contributed by atoms with E-state index < -0.39 is 0 Å². The standard InChI is InChI=1S/C26H32N2O2S/c1-5-6-7-19-8-10-20(11-9-19)16-23-17-27-25(31-23)28-24(29)18-30-22-14-12-21(13-15-22)26(2,3)4/h8-15,17H,5-7,16,18H2,1-4H3,(H,27,28,29). The minimum Gasteiger partial charge on any atom is -0.484 e. The molecule has 0 aliphatic heterocycles. The molecule has 0 radical (unpaired) electrons. The molecule has 0 unspecified atom stereocenters. The molecule has 0 spiro atoms. The van der Waals surface area contributed by atoms with Gasteiger partial charge in [0.2, 0.25) is 0 Å². The second-order valence-electron chi connectivity index (χ2n) is 8.84. The van der Waals surface area contributed by atoms with Gasteiger partial charge in [-0.1, -0.05) is 70.5 Å². The maximum absolute atomic E-state index is 12.2. The number of carbonyl (C=O) groups excluding carboxylic acids is 1. The molecule has 31 heavy (non-hydrogen) atoms. The van der Waals surface area contributed by atoms with Crippen LogP contribution in [-0.2, 0) is 23.1 Å². The van der Waals surface area contributed by atoms with E-state index in [2.05, 4.69) is 62.3 Å². The smallest absolute Gasteiger partial charge is 0.264 e. The third-order valence-corrected chi connectivity index (χ3v) is 6.02. The first-order chi connectivity index (χ1) is 14.8. The van der Waals surface area contributed by atoms with E-state index in [4.69, 9.17) is 4.74 Å². The van der Waals surface area contributed by atoms with Crippen LogP contribution in [0.4, 0.5) is 5.13 Å². The van der Waals surface area contributed by atoms with Gasteiger partial charge in [-0.3, -0.25) is 10.1 Å². The topological polar surface area (TPSA) is 51.2 Å². The highest BCUT2D eigenvalue weighted by molar-refractivity contribution is 7.15. The molecule has 1 amide bonds. The number of hydrogen-bond acceptors (Lipinski definition) is 4. The number of amides is 1. The quantitative estimate of drug-likeness (QED) is 0.423. The molecule has 1 N–H and O–H groups in total. The Balaban J connectivity index is 1.47. The van der Waals surface area contributed by atoms with Gasteiger partial charge in [0.25, 0.3) is 5.91 Å². The molecule has 0 atom stereocenters. The fourth-order valence-corrected chi connectivity index (χ4v) is 4.07. The monoisotopic (exact) mass is 436 g/mol. The summed E-state index contributed by atoms with van der Waals surface area (Å²) in [6, 6.07) is 16.7. The van der Waals surface area contributed by atoms with Crippen molar-refractivity contribution in [3.05, 3.63) is 76.3 Å². The number of aryl methyl sites for hydroxylation is 1. The number of unbranched alkanes of at least 4 members (excludes halogenated alkanes) is 1. The van der Waals surface area contributed by atoms with Crippen LogP contribution in [-0.4, -0.2) is 17.5 Å². The van der Waals surface area contributed by atoms with Gasteiger partial charge in [0, 0.05) is 17.5 Å². The van der Waals surface area contributed by atoms with Crippen molar-refractivity contribution >= 4 is 22.4 Å². The summed E-state index contributed by atoms with van der Waals surface area (Å²) in [4.78, 5) is 17.7. The van der Waals surface area contributed by atoms with Crippen LogP contribution in [0.5, 0.6) is 5.75 Å². The first kappa shape index (κ1) is 23.0. The van der Waals surface area contributed by atoms with Gasteiger partial charge >= 0.3 is 0 Å². The molecular weight excluding hydrogens is 404 g/mol. The molecule has 0 fully saturated rings. The van der Waals surface area contributed by atoms with E-state index in [1.165, 1.54) is 40.9 Å². The van der Waals surface area contributed by atoms with Crippen LogP contribution in [0.1, 0.15) is 62.1 Å². The summed E-state index contributed by atoms with van der Waals surface area (Å²) in [5.41, 5.74) is 3.96. The second kappa shape index (κ2) is 10.6. The fraction of sp³-hybridized carbons (Fsp3) is 0.385. The van der Waals surface area contributed by atoms with Crippen molar-refractivity contribution in [3.8, 4) is 5.75 Å². The Bertz CT molecular complexity index is 970. The molecular formula is C26H32N2O2S. The fourth-order valence-electron chi connectivity index (χ4n) is 3.21. The lowest BCUT2D eigenvalue weighted by molar-refractivity contribution is -0.118. The molecule has 1 aromatic heterocycles. The number of benzene rings is 2. The number of ether oxygens (including phenoxy) is 1. The maximum Gasteiger partial charge on any atom is 0.264 e. The molecule has 4 nitrogen and oxygen atoms in total. The van der Waals surface area contributed by atoms with Crippen LogP contribution in [0, 0.1) is 0 Å². The number of carbonyl (C=O) groups is 1. The SMILES string of the molecule is CCCCc1ccc(Cc2cnc(NC(=O)COc3ccc(C(C)(C)C)cc3)s2)cc1. The Morgan fingerprint density at radius 2 is 1.71 bits per heavy atom. The average molecular weight is 437 g/mol. The molecule has 0 saturated carbocycles. The molecule has 0 aliphatic rings. The summed E-state index contributed by atoms with van der Waals surface area (Å²) in [6.45, 7) is 8.68. The molecule has 0 bridgehead atoms. The van der Waals surface area contributed by atoms with E-state index >= 15 is 0 Å². The Morgan fingerprint density at radius 1 is 1.03 bits per heavy atom. The lowest BCUT2D eigenvalue weighted by Crippen LogP contribution is -2.20. The van der Waals surface area contributed by atoms with Gasteiger partial charge in [-0.2, -0.15) is 0 Å². The van der Waals surface area contributed by atoms with Crippen LogP contribution in [0.3, 0.4) is 0 Å². The van der Waals surface area contributed by atoms with Gasteiger partial charge in [0.1, 0.15) is 5.75 Å². The number of anilines is 1. The zero-order chi connectivity index (χ0) is 22.3. The van der Waals surface area contributed by atoms with E-state index in [0.29, 0.717) is 10.9 Å². The third kappa shape index (κ3) is 7.21. The first-order valence-electron chi connectivity index (χ1n) is 10.9. The van der Waals surface area contributed by atoms with Crippen molar-refractivity contribution in [1.29, 1.82) is 0 Å². The summed E-state index contributed by atoms with van der Waals surface area (Å²) in [6.07, 6.45) is 6.22. The highest BCUT2D eigenvalue weighted by Gasteiger charge is 2.13. The number of rotatable bonds is 9. The second-order valence-corrected chi connectivity index (χ2v) is 9.95.